The van der Waals surface area contributed by atoms with Crippen LogP contribution in [-0.4, -0.2) is 28.7 Å². The first-order valence-electron chi connectivity index (χ1n) is 8.30. The van der Waals surface area contributed by atoms with Crippen LogP contribution < -0.4 is 0 Å². The van der Waals surface area contributed by atoms with Crippen LogP contribution in [-0.2, 0) is 19.3 Å². The Labute approximate surface area is 146 Å². The van der Waals surface area contributed by atoms with Crippen molar-refractivity contribution in [2.75, 3.05) is 6.61 Å². The number of aryl methyl sites for hydroxylation is 2. The molecular weight excluding hydrogens is 324 g/mol. The van der Waals surface area contributed by atoms with Crippen LogP contribution in [0.25, 0.3) is 0 Å². The van der Waals surface area contributed by atoms with E-state index in [1.165, 1.54) is 29.5 Å². The lowest BCUT2D eigenvalue weighted by Crippen LogP contribution is -2.24. The van der Waals surface area contributed by atoms with Gasteiger partial charge < -0.3 is 10.2 Å². The van der Waals surface area contributed by atoms with Gasteiger partial charge in [0.2, 0.25) is 0 Å². The molecule has 3 nitrogen and oxygen atoms in total. The SMILES string of the molecule is O=C(c1ccc(Cl)c(Cc2ccc3c(c2)CCCC3)c1)[C@H](O)CO. The highest BCUT2D eigenvalue weighted by molar-refractivity contribution is 6.31. The molecule has 4 heteroatoms. The number of hydrogen-bond donors (Lipinski definition) is 2. The van der Waals surface area contributed by atoms with Gasteiger partial charge in [-0.1, -0.05) is 29.8 Å². The van der Waals surface area contributed by atoms with E-state index in [4.69, 9.17) is 16.7 Å². The van der Waals surface area contributed by atoms with Crippen LogP contribution in [0.15, 0.2) is 36.4 Å². The molecule has 0 saturated heterocycles. The molecule has 2 aromatic carbocycles. The summed E-state index contributed by atoms with van der Waals surface area (Å²) in [6, 6.07) is 11.5. The smallest absolute Gasteiger partial charge is 0.193 e. The van der Waals surface area contributed by atoms with Crippen LogP contribution in [0.4, 0.5) is 0 Å². The molecular formula is C20H21ClO3. The molecule has 0 fully saturated rings. The van der Waals surface area contributed by atoms with E-state index in [1.54, 1.807) is 18.2 Å². The van der Waals surface area contributed by atoms with Gasteiger partial charge in [0, 0.05) is 10.6 Å². The average molecular weight is 345 g/mol. The van der Waals surface area contributed by atoms with E-state index < -0.39 is 18.5 Å². The second-order valence-electron chi connectivity index (χ2n) is 6.36. The van der Waals surface area contributed by atoms with E-state index in [0.29, 0.717) is 17.0 Å². The lowest BCUT2D eigenvalue weighted by atomic mass is 9.89. The van der Waals surface area contributed by atoms with Crippen molar-refractivity contribution in [1.82, 2.24) is 0 Å². The fraction of sp³-hybridized carbons (Fsp3) is 0.350. The minimum absolute atomic E-state index is 0.369. The Balaban J connectivity index is 1.85. The van der Waals surface area contributed by atoms with Crippen LogP contribution >= 0.6 is 11.6 Å². The van der Waals surface area contributed by atoms with Gasteiger partial charge in [-0.15, -0.1) is 0 Å². The van der Waals surface area contributed by atoms with Gasteiger partial charge in [-0.05, 0) is 72.6 Å². The molecule has 126 valence electrons. The quantitative estimate of drug-likeness (QED) is 0.818. The van der Waals surface area contributed by atoms with Crippen molar-refractivity contribution in [3.63, 3.8) is 0 Å². The third kappa shape index (κ3) is 3.69. The van der Waals surface area contributed by atoms with E-state index in [1.807, 2.05) is 0 Å². The lowest BCUT2D eigenvalue weighted by Gasteiger charge is -2.17. The first-order valence-corrected chi connectivity index (χ1v) is 8.68. The largest absolute Gasteiger partial charge is 0.393 e. The summed E-state index contributed by atoms with van der Waals surface area (Å²) in [6.07, 6.45) is 4.03. The van der Waals surface area contributed by atoms with Crippen molar-refractivity contribution < 1.29 is 15.0 Å². The summed E-state index contributed by atoms with van der Waals surface area (Å²) >= 11 is 6.28. The first kappa shape index (κ1) is 17.2. The van der Waals surface area contributed by atoms with Crippen LogP contribution in [0.1, 0.15) is 45.5 Å². The Morgan fingerprint density at radius 1 is 1.08 bits per heavy atom. The van der Waals surface area contributed by atoms with Gasteiger partial charge in [0.1, 0.15) is 6.10 Å². The van der Waals surface area contributed by atoms with Crippen molar-refractivity contribution in [3.8, 4) is 0 Å². The summed E-state index contributed by atoms with van der Waals surface area (Å²) in [6.45, 7) is -0.582. The van der Waals surface area contributed by atoms with Crippen molar-refractivity contribution in [2.24, 2.45) is 0 Å². The van der Waals surface area contributed by atoms with Gasteiger partial charge in [-0.25, -0.2) is 0 Å². The monoisotopic (exact) mass is 344 g/mol. The van der Waals surface area contributed by atoms with Crippen molar-refractivity contribution in [1.29, 1.82) is 0 Å². The molecule has 0 aromatic heterocycles. The molecule has 0 heterocycles. The van der Waals surface area contributed by atoms with E-state index in [0.717, 1.165) is 18.4 Å². The number of ketones is 1. The molecule has 1 atom stereocenters. The zero-order chi connectivity index (χ0) is 17.1. The maximum Gasteiger partial charge on any atom is 0.193 e. The highest BCUT2D eigenvalue weighted by Gasteiger charge is 2.17. The minimum atomic E-state index is -1.39. The topological polar surface area (TPSA) is 57.5 Å². The second kappa shape index (κ2) is 7.47. The highest BCUT2D eigenvalue weighted by atomic mass is 35.5. The van der Waals surface area contributed by atoms with Crippen molar-refractivity contribution in [3.05, 3.63) is 69.2 Å². The van der Waals surface area contributed by atoms with Gasteiger partial charge >= 0.3 is 0 Å². The molecule has 0 saturated carbocycles. The van der Waals surface area contributed by atoms with Crippen molar-refractivity contribution in [2.45, 2.75) is 38.2 Å². The maximum atomic E-state index is 12.0. The number of aliphatic hydroxyl groups is 2. The Hall–Kier alpha value is -1.68. The molecule has 2 aromatic rings. The second-order valence-corrected chi connectivity index (χ2v) is 6.76. The van der Waals surface area contributed by atoms with E-state index in [-0.39, 0.29) is 0 Å². The van der Waals surface area contributed by atoms with Crippen LogP contribution in [0.5, 0.6) is 0 Å². The van der Waals surface area contributed by atoms with Gasteiger partial charge in [0.15, 0.2) is 5.78 Å². The molecule has 2 N–H and O–H groups in total. The summed E-state index contributed by atoms with van der Waals surface area (Å²) in [4.78, 5) is 12.0. The van der Waals surface area contributed by atoms with E-state index in [9.17, 15) is 9.90 Å². The number of Topliss-reactive ketones (excluding diaryl/α,β-unsaturated/α-hetero) is 1. The lowest BCUT2D eigenvalue weighted by molar-refractivity contribution is 0.0587. The molecule has 0 bridgehead atoms. The zero-order valence-corrected chi connectivity index (χ0v) is 14.2. The van der Waals surface area contributed by atoms with Crippen molar-refractivity contribution >= 4 is 17.4 Å². The number of aliphatic hydroxyl groups excluding tert-OH is 2. The third-order valence-electron chi connectivity index (χ3n) is 4.61. The molecule has 0 unspecified atom stereocenters. The Bertz CT molecular complexity index is 755. The summed E-state index contributed by atoms with van der Waals surface area (Å²) in [5.41, 5.74) is 5.24. The molecule has 3 rings (SSSR count). The van der Waals surface area contributed by atoms with Gasteiger partial charge in [-0.3, -0.25) is 4.79 Å². The number of carbonyl (C=O) groups is 1. The van der Waals surface area contributed by atoms with Gasteiger partial charge in [-0.2, -0.15) is 0 Å². The number of fused-ring (bicyclic) bond motifs is 1. The summed E-state index contributed by atoms with van der Waals surface area (Å²) < 4.78 is 0. The van der Waals surface area contributed by atoms with E-state index >= 15 is 0 Å². The molecule has 0 radical (unpaired) electrons. The normalized spacial score (nSPS) is 15.0. The van der Waals surface area contributed by atoms with Crippen LogP contribution in [0, 0.1) is 0 Å². The predicted octanol–water partition coefficient (Wildman–Crippen LogP) is 3.35. The van der Waals surface area contributed by atoms with Gasteiger partial charge in [0.25, 0.3) is 0 Å². The number of carbonyl (C=O) groups excluding carboxylic acids is 1. The average Bonchev–Trinajstić information content (AvgIpc) is 2.62. The maximum absolute atomic E-state index is 12.0. The Morgan fingerprint density at radius 3 is 2.58 bits per heavy atom. The fourth-order valence-corrected chi connectivity index (χ4v) is 3.44. The molecule has 0 spiro atoms. The van der Waals surface area contributed by atoms with Crippen LogP contribution in [0.2, 0.25) is 5.02 Å². The number of hydrogen-bond acceptors (Lipinski definition) is 3. The number of halogens is 1. The summed E-state index contributed by atoms with van der Waals surface area (Å²) in [5, 5.41) is 19.1. The first-order chi connectivity index (χ1) is 11.6. The minimum Gasteiger partial charge on any atom is -0.393 e. The van der Waals surface area contributed by atoms with Gasteiger partial charge in [0.05, 0.1) is 6.61 Å². The third-order valence-corrected chi connectivity index (χ3v) is 4.98. The Morgan fingerprint density at radius 2 is 1.83 bits per heavy atom. The standard InChI is InChI=1S/C20H21ClO3/c21-18-8-7-16(20(24)19(23)12-22)11-17(18)10-13-5-6-14-3-1-2-4-15(14)9-13/h5-9,11,19,22-23H,1-4,10,12H2/t19-/m1/s1. The number of rotatable bonds is 5. The predicted molar refractivity (Wildman–Crippen MR) is 94.8 cm³/mol. The Kier molecular flexibility index (Phi) is 5.34. The zero-order valence-electron chi connectivity index (χ0n) is 13.5. The molecule has 1 aliphatic carbocycles. The highest BCUT2D eigenvalue weighted by Crippen LogP contribution is 2.26. The van der Waals surface area contributed by atoms with E-state index in [2.05, 4.69) is 18.2 Å². The molecule has 0 amide bonds. The summed E-state index contributed by atoms with van der Waals surface area (Å²) in [7, 11) is 0. The summed E-state index contributed by atoms with van der Waals surface area (Å²) in [5.74, 6) is -0.485. The molecule has 1 aliphatic rings. The fourth-order valence-electron chi connectivity index (χ4n) is 3.26. The molecule has 24 heavy (non-hydrogen) atoms. The van der Waals surface area contributed by atoms with Crippen LogP contribution in [0.3, 0.4) is 0 Å². The molecule has 0 aliphatic heterocycles. The number of benzene rings is 2.